The van der Waals surface area contributed by atoms with Crippen molar-refractivity contribution in [3.05, 3.63) is 66.0 Å². The minimum atomic E-state index is -0.246. The van der Waals surface area contributed by atoms with Crippen LogP contribution in [-0.4, -0.2) is 29.9 Å². The van der Waals surface area contributed by atoms with E-state index in [0.717, 1.165) is 42.2 Å². The first-order valence-corrected chi connectivity index (χ1v) is 8.03. The fourth-order valence-corrected chi connectivity index (χ4v) is 2.89. The van der Waals surface area contributed by atoms with Gasteiger partial charge in [-0.2, -0.15) is 5.10 Å². The number of nitrogens with zero attached hydrogens (tertiary/aromatic N) is 1. The van der Waals surface area contributed by atoms with Crippen LogP contribution in [0.5, 0.6) is 0 Å². The van der Waals surface area contributed by atoms with Gasteiger partial charge < -0.3 is 10.1 Å². The monoisotopic (exact) mass is 359 g/mol. The maximum absolute atomic E-state index is 13.0. The van der Waals surface area contributed by atoms with Gasteiger partial charge >= 0.3 is 0 Å². The van der Waals surface area contributed by atoms with E-state index in [-0.39, 0.29) is 24.3 Å². The first kappa shape index (κ1) is 17.6. The number of hydrogen-bond donors (Lipinski definition) is 2. The van der Waals surface area contributed by atoms with Gasteiger partial charge in [-0.15, -0.1) is 12.4 Å². The molecule has 0 spiro atoms. The number of ether oxygens (including phenoxy) is 1. The standard InChI is InChI=1S/C19H18FN3O.ClH/c20-16-7-5-14(6-8-16)18-11-17(22-23-18)13-1-3-15(4-2-13)19-12-21-9-10-24-19;/h1-8,11,19,21H,9-10,12H2,(H,22,23);1H/t19-;/m0./s1. The molecule has 1 atom stereocenters. The third-order valence-electron chi connectivity index (χ3n) is 4.24. The number of rotatable bonds is 3. The molecule has 1 aromatic heterocycles. The van der Waals surface area contributed by atoms with E-state index in [4.69, 9.17) is 4.74 Å². The van der Waals surface area contributed by atoms with Crippen LogP contribution in [0.4, 0.5) is 4.39 Å². The van der Waals surface area contributed by atoms with Crippen LogP contribution in [0.15, 0.2) is 54.6 Å². The molecule has 1 fully saturated rings. The van der Waals surface area contributed by atoms with Crippen molar-refractivity contribution in [3.63, 3.8) is 0 Å². The SMILES string of the molecule is Cl.Fc1ccc(-c2cc(-c3ccc([C@@H]4CNCCO4)cc3)[nH]n2)cc1. The van der Waals surface area contributed by atoms with Crippen LogP contribution in [0, 0.1) is 5.82 Å². The van der Waals surface area contributed by atoms with E-state index in [2.05, 4.69) is 39.8 Å². The quantitative estimate of drug-likeness (QED) is 0.744. The molecule has 2 aromatic carbocycles. The van der Waals surface area contributed by atoms with Crippen LogP contribution in [0.25, 0.3) is 22.5 Å². The van der Waals surface area contributed by atoms with Gasteiger partial charge in [0.1, 0.15) is 5.82 Å². The van der Waals surface area contributed by atoms with E-state index in [9.17, 15) is 4.39 Å². The van der Waals surface area contributed by atoms with Crippen LogP contribution in [0.1, 0.15) is 11.7 Å². The van der Waals surface area contributed by atoms with Crippen LogP contribution in [0.2, 0.25) is 0 Å². The first-order chi connectivity index (χ1) is 11.8. The number of H-pyrrole nitrogens is 1. The van der Waals surface area contributed by atoms with Crippen molar-refractivity contribution in [2.75, 3.05) is 19.7 Å². The molecular formula is C19H19ClFN3O. The highest BCUT2D eigenvalue weighted by Gasteiger charge is 2.15. The predicted octanol–water partition coefficient (Wildman–Crippen LogP) is 3.97. The minimum Gasteiger partial charge on any atom is -0.371 e. The third-order valence-corrected chi connectivity index (χ3v) is 4.24. The average Bonchev–Trinajstić information content (AvgIpc) is 3.13. The van der Waals surface area contributed by atoms with Crippen molar-refractivity contribution in [2.45, 2.75) is 6.10 Å². The summed E-state index contributed by atoms with van der Waals surface area (Å²) in [4.78, 5) is 0. The van der Waals surface area contributed by atoms with Gasteiger partial charge in [0.05, 0.1) is 24.1 Å². The van der Waals surface area contributed by atoms with Crippen molar-refractivity contribution in [2.24, 2.45) is 0 Å². The molecule has 0 radical (unpaired) electrons. The van der Waals surface area contributed by atoms with Gasteiger partial charge in [-0.05, 0) is 41.5 Å². The smallest absolute Gasteiger partial charge is 0.123 e. The number of nitrogens with one attached hydrogen (secondary N) is 2. The van der Waals surface area contributed by atoms with Crippen LogP contribution in [-0.2, 0) is 4.74 Å². The highest BCUT2D eigenvalue weighted by Crippen LogP contribution is 2.26. The number of benzene rings is 2. The Balaban J connectivity index is 0.00000182. The van der Waals surface area contributed by atoms with E-state index in [1.54, 1.807) is 12.1 Å². The predicted molar refractivity (Wildman–Crippen MR) is 98.2 cm³/mol. The average molecular weight is 360 g/mol. The highest BCUT2D eigenvalue weighted by atomic mass is 35.5. The second kappa shape index (κ2) is 7.78. The molecule has 6 heteroatoms. The molecule has 2 heterocycles. The lowest BCUT2D eigenvalue weighted by molar-refractivity contribution is 0.0277. The lowest BCUT2D eigenvalue weighted by Crippen LogP contribution is -2.33. The Bertz CT molecular complexity index is 811. The summed E-state index contributed by atoms with van der Waals surface area (Å²) < 4.78 is 18.8. The second-order valence-corrected chi connectivity index (χ2v) is 5.86. The molecule has 4 nitrogen and oxygen atoms in total. The van der Waals surface area contributed by atoms with E-state index >= 15 is 0 Å². The number of halogens is 2. The molecule has 25 heavy (non-hydrogen) atoms. The zero-order valence-corrected chi connectivity index (χ0v) is 14.4. The highest BCUT2D eigenvalue weighted by molar-refractivity contribution is 5.85. The van der Waals surface area contributed by atoms with Crippen LogP contribution in [0.3, 0.4) is 0 Å². The Labute approximate surface area is 151 Å². The molecule has 1 aliphatic rings. The third kappa shape index (κ3) is 3.90. The summed E-state index contributed by atoms with van der Waals surface area (Å²) in [6.07, 6.45) is 0.115. The summed E-state index contributed by atoms with van der Waals surface area (Å²) in [6.45, 7) is 2.50. The van der Waals surface area contributed by atoms with Crippen molar-refractivity contribution >= 4 is 12.4 Å². The summed E-state index contributed by atoms with van der Waals surface area (Å²) >= 11 is 0. The molecule has 0 bridgehead atoms. The van der Waals surface area contributed by atoms with Crippen LogP contribution < -0.4 is 5.32 Å². The van der Waals surface area contributed by atoms with Gasteiger partial charge in [0.2, 0.25) is 0 Å². The number of hydrogen-bond acceptors (Lipinski definition) is 3. The van der Waals surface area contributed by atoms with Gasteiger partial charge in [0.25, 0.3) is 0 Å². The maximum Gasteiger partial charge on any atom is 0.123 e. The molecule has 0 saturated carbocycles. The molecule has 4 rings (SSSR count). The lowest BCUT2D eigenvalue weighted by Gasteiger charge is -2.24. The van der Waals surface area contributed by atoms with E-state index in [1.165, 1.54) is 17.7 Å². The Hall–Kier alpha value is -2.21. The summed E-state index contributed by atoms with van der Waals surface area (Å²) in [6, 6.07) is 16.6. The Kier molecular flexibility index (Phi) is 5.48. The van der Waals surface area contributed by atoms with Gasteiger partial charge in [-0.1, -0.05) is 24.3 Å². The molecule has 130 valence electrons. The number of aromatic amines is 1. The zero-order valence-electron chi connectivity index (χ0n) is 13.5. The maximum atomic E-state index is 13.0. The van der Waals surface area contributed by atoms with E-state index in [0.29, 0.717) is 0 Å². The lowest BCUT2D eigenvalue weighted by atomic mass is 10.0. The topological polar surface area (TPSA) is 49.9 Å². The van der Waals surface area contributed by atoms with Gasteiger partial charge in [-0.25, -0.2) is 4.39 Å². The summed E-state index contributed by atoms with van der Waals surface area (Å²) in [5.41, 5.74) is 4.85. The van der Waals surface area contributed by atoms with Crippen molar-refractivity contribution in [1.29, 1.82) is 0 Å². The summed E-state index contributed by atoms with van der Waals surface area (Å²) in [5.74, 6) is -0.246. The summed E-state index contributed by atoms with van der Waals surface area (Å²) in [7, 11) is 0. The Morgan fingerprint density at radius 1 is 1.00 bits per heavy atom. The van der Waals surface area contributed by atoms with E-state index in [1.807, 2.05) is 6.07 Å². The first-order valence-electron chi connectivity index (χ1n) is 8.03. The van der Waals surface area contributed by atoms with Gasteiger partial charge in [0, 0.05) is 18.7 Å². The van der Waals surface area contributed by atoms with Crippen molar-refractivity contribution < 1.29 is 9.13 Å². The normalized spacial score (nSPS) is 17.1. The minimum absolute atomic E-state index is 0. The zero-order chi connectivity index (χ0) is 16.4. The van der Waals surface area contributed by atoms with Gasteiger partial charge in [-0.3, -0.25) is 5.10 Å². The van der Waals surface area contributed by atoms with Gasteiger partial charge in [0.15, 0.2) is 0 Å². The van der Waals surface area contributed by atoms with E-state index < -0.39 is 0 Å². The Morgan fingerprint density at radius 2 is 1.72 bits per heavy atom. The molecule has 1 saturated heterocycles. The van der Waals surface area contributed by atoms with Crippen molar-refractivity contribution in [1.82, 2.24) is 15.5 Å². The second-order valence-electron chi connectivity index (χ2n) is 5.86. The molecule has 1 aliphatic heterocycles. The number of morpholine rings is 1. The Morgan fingerprint density at radius 3 is 2.40 bits per heavy atom. The molecule has 0 unspecified atom stereocenters. The van der Waals surface area contributed by atoms with Crippen molar-refractivity contribution in [3.8, 4) is 22.5 Å². The molecule has 0 aliphatic carbocycles. The molecule has 0 amide bonds. The summed E-state index contributed by atoms with van der Waals surface area (Å²) in [5, 5.41) is 10.7. The molecule has 3 aromatic rings. The van der Waals surface area contributed by atoms with Crippen LogP contribution >= 0.6 is 12.4 Å². The number of aromatic nitrogens is 2. The fourth-order valence-electron chi connectivity index (χ4n) is 2.89. The fraction of sp³-hybridized carbons (Fsp3) is 0.211. The molecular weight excluding hydrogens is 341 g/mol. The largest absolute Gasteiger partial charge is 0.371 e. The molecule has 2 N–H and O–H groups in total.